The summed E-state index contributed by atoms with van der Waals surface area (Å²) in [4.78, 5) is 22.5. The SMILES string of the molecule is O=C(Oc1cccc2nc(-c3ccccc3)c(-c3ccccc3)nc12)c1ccccc1. The molecule has 31 heavy (non-hydrogen) atoms. The van der Waals surface area contributed by atoms with Crippen molar-refractivity contribution in [3.05, 3.63) is 115 Å². The summed E-state index contributed by atoms with van der Waals surface area (Å²) in [6, 6.07) is 34.2. The lowest BCUT2D eigenvalue weighted by molar-refractivity contribution is 0.0737. The van der Waals surface area contributed by atoms with Gasteiger partial charge in [-0.25, -0.2) is 14.8 Å². The normalized spacial score (nSPS) is 10.7. The standard InChI is InChI=1S/C27H18N2O2/c30-27(21-15-8-3-9-16-21)31-23-18-10-17-22-26(23)29-25(20-13-6-2-7-14-20)24(28-22)19-11-4-1-5-12-19/h1-18H. The van der Waals surface area contributed by atoms with E-state index in [1.165, 1.54) is 0 Å². The van der Waals surface area contributed by atoms with Crippen molar-refractivity contribution >= 4 is 17.0 Å². The van der Waals surface area contributed by atoms with Crippen molar-refractivity contribution in [3.63, 3.8) is 0 Å². The van der Waals surface area contributed by atoms with Crippen molar-refractivity contribution in [1.29, 1.82) is 0 Å². The van der Waals surface area contributed by atoms with Crippen LogP contribution < -0.4 is 4.74 Å². The summed E-state index contributed by atoms with van der Waals surface area (Å²) < 4.78 is 5.71. The Kier molecular flexibility index (Phi) is 4.95. The fourth-order valence-electron chi connectivity index (χ4n) is 3.46. The Bertz CT molecular complexity index is 1350. The van der Waals surface area contributed by atoms with Crippen molar-refractivity contribution in [3.8, 4) is 28.3 Å². The summed E-state index contributed by atoms with van der Waals surface area (Å²) in [5.74, 6) is -0.0426. The highest BCUT2D eigenvalue weighted by molar-refractivity contribution is 5.95. The summed E-state index contributed by atoms with van der Waals surface area (Å²) in [6.07, 6.45) is 0. The van der Waals surface area contributed by atoms with Gasteiger partial charge in [-0.3, -0.25) is 0 Å². The molecule has 0 atom stereocenters. The van der Waals surface area contributed by atoms with Crippen LogP contribution in [0.5, 0.6) is 5.75 Å². The summed E-state index contributed by atoms with van der Waals surface area (Å²) >= 11 is 0. The number of carbonyl (C=O) groups is 1. The van der Waals surface area contributed by atoms with Gasteiger partial charge < -0.3 is 4.74 Å². The number of carbonyl (C=O) groups excluding carboxylic acids is 1. The largest absolute Gasteiger partial charge is 0.421 e. The molecule has 0 unspecified atom stereocenters. The Balaban J connectivity index is 1.67. The third-order valence-electron chi connectivity index (χ3n) is 4.96. The second kappa shape index (κ2) is 8.20. The number of esters is 1. The smallest absolute Gasteiger partial charge is 0.343 e. The van der Waals surface area contributed by atoms with Crippen molar-refractivity contribution < 1.29 is 9.53 Å². The topological polar surface area (TPSA) is 52.1 Å². The van der Waals surface area contributed by atoms with E-state index in [0.29, 0.717) is 22.3 Å². The second-order valence-electron chi connectivity index (χ2n) is 7.03. The number of hydrogen-bond acceptors (Lipinski definition) is 4. The highest BCUT2D eigenvalue weighted by atomic mass is 16.5. The molecule has 5 aromatic rings. The van der Waals surface area contributed by atoms with Crippen LogP contribution in [0.2, 0.25) is 0 Å². The van der Waals surface area contributed by atoms with Gasteiger partial charge in [-0.15, -0.1) is 0 Å². The molecule has 4 aromatic carbocycles. The minimum Gasteiger partial charge on any atom is -0.421 e. The first-order valence-electron chi connectivity index (χ1n) is 9.98. The summed E-state index contributed by atoms with van der Waals surface area (Å²) in [5, 5.41) is 0. The molecule has 1 aromatic heterocycles. The number of hydrogen-bond donors (Lipinski definition) is 0. The van der Waals surface area contributed by atoms with Gasteiger partial charge in [0.05, 0.1) is 22.5 Å². The van der Waals surface area contributed by atoms with Crippen LogP contribution in [0.15, 0.2) is 109 Å². The molecule has 0 aliphatic rings. The summed E-state index contributed by atoms with van der Waals surface area (Å²) in [6.45, 7) is 0. The third kappa shape index (κ3) is 3.79. The van der Waals surface area contributed by atoms with Gasteiger partial charge in [0.25, 0.3) is 0 Å². The number of benzene rings is 4. The lowest BCUT2D eigenvalue weighted by Crippen LogP contribution is -2.09. The fraction of sp³-hybridized carbons (Fsp3) is 0. The van der Waals surface area contributed by atoms with E-state index in [0.717, 1.165) is 22.5 Å². The zero-order valence-corrected chi connectivity index (χ0v) is 16.6. The number of nitrogens with zero attached hydrogens (tertiary/aromatic N) is 2. The van der Waals surface area contributed by atoms with Crippen molar-refractivity contribution in [2.45, 2.75) is 0 Å². The Hall–Kier alpha value is -4.31. The van der Waals surface area contributed by atoms with E-state index in [2.05, 4.69) is 0 Å². The number of rotatable bonds is 4. The van der Waals surface area contributed by atoms with Crippen LogP contribution in [0.1, 0.15) is 10.4 Å². The van der Waals surface area contributed by atoms with E-state index >= 15 is 0 Å². The van der Waals surface area contributed by atoms with Crippen LogP contribution in [0.3, 0.4) is 0 Å². The van der Waals surface area contributed by atoms with Gasteiger partial charge in [0.2, 0.25) is 0 Å². The van der Waals surface area contributed by atoms with E-state index < -0.39 is 5.97 Å². The molecule has 0 bridgehead atoms. The quantitative estimate of drug-likeness (QED) is 0.266. The molecule has 4 nitrogen and oxygen atoms in total. The van der Waals surface area contributed by atoms with Crippen molar-refractivity contribution in [2.75, 3.05) is 0 Å². The van der Waals surface area contributed by atoms with Gasteiger partial charge in [-0.2, -0.15) is 0 Å². The van der Waals surface area contributed by atoms with Crippen LogP contribution >= 0.6 is 0 Å². The first-order chi connectivity index (χ1) is 15.3. The van der Waals surface area contributed by atoms with Gasteiger partial charge in [0.15, 0.2) is 5.75 Å². The third-order valence-corrected chi connectivity index (χ3v) is 4.96. The monoisotopic (exact) mass is 402 g/mol. The first kappa shape index (κ1) is 18.7. The van der Waals surface area contributed by atoms with E-state index in [1.54, 1.807) is 30.3 Å². The van der Waals surface area contributed by atoms with Gasteiger partial charge in [0, 0.05) is 11.1 Å². The molecule has 5 rings (SSSR count). The molecule has 0 fully saturated rings. The van der Waals surface area contributed by atoms with Gasteiger partial charge in [-0.05, 0) is 24.3 Å². The molecule has 0 saturated heterocycles. The van der Waals surface area contributed by atoms with E-state index in [-0.39, 0.29) is 0 Å². The van der Waals surface area contributed by atoms with Crippen LogP contribution in [0.4, 0.5) is 0 Å². The fourth-order valence-corrected chi connectivity index (χ4v) is 3.46. The average Bonchev–Trinajstić information content (AvgIpc) is 2.85. The molecule has 0 aliphatic heterocycles. The lowest BCUT2D eigenvalue weighted by atomic mass is 10.0. The average molecular weight is 402 g/mol. The lowest BCUT2D eigenvalue weighted by Gasteiger charge is -2.13. The van der Waals surface area contributed by atoms with Gasteiger partial charge in [0.1, 0.15) is 5.52 Å². The molecule has 148 valence electrons. The van der Waals surface area contributed by atoms with Crippen LogP contribution in [0.25, 0.3) is 33.5 Å². The number of aromatic nitrogens is 2. The molecule has 4 heteroatoms. The molecular weight excluding hydrogens is 384 g/mol. The maximum Gasteiger partial charge on any atom is 0.343 e. The number of ether oxygens (including phenoxy) is 1. The number of para-hydroxylation sites is 1. The first-order valence-corrected chi connectivity index (χ1v) is 9.98. The maximum atomic E-state index is 12.6. The zero-order chi connectivity index (χ0) is 21.0. The highest BCUT2D eigenvalue weighted by Gasteiger charge is 2.17. The Morgan fingerprint density at radius 3 is 1.74 bits per heavy atom. The van der Waals surface area contributed by atoms with E-state index in [9.17, 15) is 4.79 Å². The highest BCUT2D eigenvalue weighted by Crippen LogP contribution is 2.33. The minimum atomic E-state index is -0.428. The molecular formula is C27H18N2O2. The Labute approximate surface area is 179 Å². The van der Waals surface area contributed by atoms with Gasteiger partial charge >= 0.3 is 5.97 Å². The molecule has 0 aliphatic carbocycles. The molecule has 0 amide bonds. The predicted octanol–water partition coefficient (Wildman–Crippen LogP) is 6.18. The molecule has 0 spiro atoms. The van der Waals surface area contributed by atoms with E-state index in [1.807, 2.05) is 78.9 Å². The van der Waals surface area contributed by atoms with E-state index in [4.69, 9.17) is 14.7 Å². The Morgan fingerprint density at radius 2 is 1.13 bits per heavy atom. The maximum absolute atomic E-state index is 12.6. The van der Waals surface area contributed by atoms with Crippen LogP contribution in [0, 0.1) is 0 Å². The number of fused-ring (bicyclic) bond motifs is 1. The van der Waals surface area contributed by atoms with Crippen molar-refractivity contribution in [1.82, 2.24) is 9.97 Å². The van der Waals surface area contributed by atoms with Crippen LogP contribution in [-0.2, 0) is 0 Å². The van der Waals surface area contributed by atoms with Crippen LogP contribution in [-0.4, -0.2) is 15.9 Å². The zero-order valence-electron chi connectivity index (χ0n) is 16.6. The predicted molar refractivity (Wildman–Crippen MR) is 122 cm³/mol. The molecule has 0 radical (unpaired) electrons. The van der Waals surface area contributed by atoms with Gasteiger partial charge in [-0.1, -0.05) is 84.9 Å². The molecule has 1 heterocycles. The summed E-state index contributed by atoms with van der Waals surface area (Å²) in [7, 11) is 0. The molecule has 0 saturated carbocycles. The summed E-state index contributed by atoms with van der Waals surface area (Å²) in [5.41, 5.74) is 5.13. The van der Waals surface area contributed by atoms with Crippen molar-refractivity contribution in [2.24, 2.45) is 0 Å². The minimum absolute atomic E-state index is 0.385. The Morgan fingerprint density at radius 1 is 0.581 bits per heavy atom. The second-order valence-corrected chi connectivity index (χ2v) is 7.03. The molecule has 0 N–H and O–H groups in total.